The highest BCUT2D eigenvalue weighted by molar-refractivity contribution is 5.81. The molecule has 1 aromatic carbocycles. The van der Waals surface area contributed by atoms with Gasteiger partial charge in [-0.2, -0.15) is 0 Å². The molecular weight excluding hydrogens is 256 g/mol. The third-order valence-corrected chi connectivity index (χ3v) is 2.82. The second-order valence-electron chi connectivity index (χ2n) is 4.84. The van der Waals surface area contributed by atoms with Gasteiger partial charge in [0.2, 0.25) is 0 Å². The Balaban J connectivity index is 2.29. The van der Waals surface area contributed by atoms with Crippen LogP contribution >= 0.6 is 0 Å². The number of amides is 1. The molecule has 3 N–H and O–H groups in total. The molecule has 0 heterocycles. The minimum Gasteiger partial charge on any atom is -0.455 e. The lowest BCUT2D eigenvalue weighted by atomic mass is 10.1. The molecule has 1 rings (SSSR count). The Labute approximate surface area is 119 Å². The van der Waals surface area contributed by atoms with Gasteiger partial charge in [-0.05, 0) is 31.0 Å². The van der Waals surface area contributed by atoms with E-state index in [2.05, 4.69) is 12.2 Å². The first-order chi connectivity index (χ1) is 9.51. The third-order valence-electron chi connectivity index (χ3n) is 2.82. The number of esters is 1. The number of hydrogen-bond acceptors (Lipinski definition) is 4. The molecule has 5 heteroatoms. The van der Waals surface area contributed by atoms with Gasteiger partial charge >= 0.3 is 5.97 Å². The van der Waals surface area contributed by atoms with E-state index in [-0.39, 0.29) is 25.0 Å². The Hall–Kier alpha value is -2.04. The Morgan fingerprint density at radius 3 is 2.55 bits per heavy atom. The second-order valence-corrected chi connectivity index (χ2v) is 4.84. The maximum absolute atomic E-state index is 11.6. The molecule has 0 aliphatic rings. The average Bonchev–Trinajstić information content (AvgIpc) is 2.39. The van der Waals surface area contributed by atoms with E-state index in [9.17, 15) is 9.59 Å². The first-order valence-electron chi connectivity index (χ1n) is 6.80. The molecule has 1 aromatic rings. The van der Waals surface area contributed by atoms with Crippen molar-refractivity contribution in [3.05, 3.63) is 29.8 Å². The fourth-order valence-corrected chi connectivity index (χ4v) is 1.82. The Morgan fingerprint density at radius 2 is 1.95 bits per heavy atom. The number of benzene rings is 1. The van der Waals surface area contributed by atoms with Crippen molar-refractivity contribution in [2.45, 2.75) is 39.2 Å². The highest BCUT2D eigenvalue weighted by Crippen LogP contribution is 2.06. The van der Waals surface area contributed by atoms with Gasteiger partial charge in [0.1, 0.15) is 0 Å². The van der Waals surface area contributed by atoms with Crippen LogP contribution in [0.3, 0.4) is 0 Å². The zero-order valence-electron chi connectivity index (χ0n) is 12.0. The number of carbonyl (C=O) groups excluding carboxylic acids is 2. The largest absolute Gasteiger partial charge is 0.455 e. The van der Waals surface area contributed by atoms with Gasteiger partial charge in [0, 0.05) is 11.7 Å². The van der Waals surface area contributed by atoms with Gasteiger partial charge in [-0.25, -0.2) is 0 Å². The molecule has 1 atom stereocenters. The van der Waals surface area contributed by atoms with E-state index in [4.69, 9.17) is 10.5 Å². The molecule has 0 aliphatic heterocycles. The monoisotopic (exact) mass is 278 g/mol. The first-order valence-corrected chi connectivity index (χ1v) is 6.80. The van der Waals surface area contributed by atoms with Crippen molar-refractivity contribution in [2.75, 3.05) is 12.3 Å². The molecule has 0 aliphatic carbocycles. The summed E-state index contributed by atoms with van der Waals surface area (Å²) in [6.07, 6.45) is 2.04. The average molecular weight is 278 g/mol. The summed E-state index contributed by atoms with van der Waals surface area (Å²) in [5, 5.41) is 2.77. The van der Waals surface area contributed by atoms with E-state index in [1.807, 2.05) is 6.92 Å². The highest BCUT2D eigenvalue weighted by Gasteiger charge is 2.10. The summed E-state index contributed by atoms with van der Waals surface area (Å²) < 4.78 is 4.93. The molecule has 1 unspecified atom stereocenters. The van der Waals surface area contributed by atoms with Crippen molar-refractivity contribution in [1.82, 2.24) is 5.32 Å². The number of nitrogens with one attached hydrogen (secondary N) is 1. The van der Waals surface area contributed by atoms with Crippen LogP contribution in [0, 0.1) is 0 Å². The summed E-state index contributed by atoms with van der Waals surface area (Å²) >= 11 is 0. The van der Waals surface area contributed by atoms with Crippen LogP contribution in [0.2, 0.25) is 0 Å². The van der Waals surface area contributed by atoms with E-state index >= 15 is 0 Å². The smallest absolute Gasteiger partial charge is 0.310 e. The van der Waals surface area contributed by atoms with E-state index in [0.717, 1.165) is 18.4 Å². The summed E-state index contributed by atoms with van der Waals surface area (Å²) in [6, 6.07) is 7.08. The zero-order chi connectivity index (χ0) is 15.0. The zero-order valence-corrected chi connectivity index (χ0v) is 12.0. The number of rotatable bonds is 7. The SMILES string of the molecule is CCCC(C)NC(=O)COC(=O)Cc1ccc(N)cc1. The molecule has 1 amide bonds. The van der Waals surface area contributed by atoms with Crippen molar-refractivity contribution in [2.24, 2.45) is 0 Å². The van der Waals surface area contributed by atoms with Crippen molar-refractivity contribution in [1.29, 1.82) is 0 Å². The highest BCUT2D eigenvalue weighted by atomic mass is 16.5. The molecule has 0 radical (unpaired) electrons. The molecule has 5 nitrogen and oxygen atoms in total. The third kappa shape index (κ3) is 6.22. The predicted octanol–water partition coefficient (Wildman–Crippen LogP) is 1.66. The number of ether oxygens (including phenoxy) is 1. The molecular formula is C15H22N2O3. The van der Waals surface area contributed by atoms with E-state index in [1.54, 1.807) is 24.3 Å². The minimum absolute atomic E-state index is 0.100. The number of nitrogen functional groups attached to an aromatic ring is 1. The van der Waals surface area contributed by atoms with Crippen LogP contribution in [-0.4, -0.2) is 24.5 Å². The van der Waals surface area contributed by atoms with Crippen molar-refractivity contribution in [3.8, 4) is 0 Å². The predicted molar refractivity (Wildman–Crippen MR) is 78.0 cm³/mol. The lowest BCUT2D eigenvalue weighted by molar-refractivity contribution is -0.148. The molecule has 20 heavy (non-hydrogen) atoms. The minimum atomic E-state index is -0.423. The summed E-state index contributed by atoms with van der Waals surface area (Å²) in [7, 11) is 0. The second kappa shape index (κ2) is 8.19. The maximum atomic E-state index is 11.6. The molecule has 0 bridgehead atoms. The number of anilines is 1. The maximum Gasteiger partial charge on any atom is 0.310 e. The van der Waals surface area contributed by atoms with E-state index < -0.39 is 5.97 Å². The Bertz CT molecular complexity index is 443. The van der Waals surface area contributed by atoms with Crippen LogP contribution in [0.1, 0.15) is 32.3 Å². The summed E-state index contributed by atoms with van der Waals surface area (Å²) in [6.45, 7) is 3.74. The van der Waals surface area contributed by atoms with Gasteiger partial charge in [0.05, 0.1) is 6.42 Å². The molecule has 0 saturated carbocycles. The topological polar surface area (TPSA) is 81.4 Å². The van der Waals surface area contributed by atoms with E-state index in [1.165, 1.54) is 0 Å². The molecule has 110 valence electrons. The van der Waals surface area contributed by atoms with Gasteiger partial charge < -0.3 is 15.8 Å². The number of carbonyl (C=O) groups is 2. The molecule has 0 fully saturated rings. The lowest BCUT2D eigenvalue weighted by Crippen LogP contribution is -2.35. The van der Waals surface area contributed by atoms with Gasteiger partial charge in [-0.15, -0.1) is 0 Å². The first kappa shape index (κ1) is 16.0. The Kier molecular flexibility index (Phi) is 6.56. The standard InChI is InChI=1S/C15H22N2O3/c1-3-4-11(2)17-14(18)10-20-15(19)9-12-5-7-13(16)8-6-12/h5-8,11H,3-4,9-10,16H2,1-2H3,(H,17,18). The lowest BCUT2D eigenvalue weighted by Gasteiger charge is -2.12. The number of nitrogens with two attached hydrogens (primary N) is 1. The van der Waals surface area contributed by atoms with Crippen molar-refractivity contribution >= 4 is 17.6 Å². The van der Waals surface area contributed by atoms with Gasteiger partial charge in [-0.3, -0.25) is 9.59 Å². The summed E-state index contributed by atoms with van der Waals surface area (Å²) in [5.74, 6) is -0.690. The molecule has 0 aromatic heterocycles. The summed E-state index contributed by atoms with van der Waals surface area (Å²) in [4.78, 5) is 23.1. The quantitative estimate of drug-likeness (QED) is 0.587. The fourth-order valence-electron chi connectivity index (χ4n) is 1.82. The molecule has 0 spiro atoms. The van der Waals surface area contributed by atoms with Crippen LogP contribution in [0.25, 0.3) is 0 Å². The van der Waals surface area contributed by atoms with Crippen LogP contribution in [0.15, 0.2) is 24.3 Å². The summed E-state index contributed by atoms with van der Waals surface area (Å²) in [5.41, 5.74) is 7.01. The van der Waals surface area contributed by atoms with Crippen LogP contribution in [0.5, 0.6) is 0 Å². The van der Waals surface area contributed by atoms with Gasteiger partial charge in [-0.1, -0.05) is 25.5 Å². The normalized spacial score (nSPS) is 11.7. The number of hydrogen-bond donors (Lipinski definition) is 2. The van der Waals surface area contributed by atoms with Crippen LogP contribution < -0.4 is 11.1 Å². The van der Waals surface area contributed by atoms with Crippen molar-refractivity contribution in [3.63, 3.8) is 0 Å². The molecule has 0 saturated heterocycles. The van der Waals surface area contributed by atoms with Crippen molar-refractivity contribution < 1.29 is 14.3 Å². The fraction of sp³-hybridized carbons (Fsp3) is 0.467. The Morgan fingerprint density at radius 1 is 1.30 bits per heavy atom. The van der Waals surface area contributed by atoms with Gasteiger partial charge in [0.25, 0.3) is 5.91 Å². The van der Waals surface area contributed by atoms with Crippen LogP contribution in [-0.2, 0) is 20.7 Å². The van der Waals surface area contributed by atoms with E-state index in [0.29, 0.717) is 5.69 Å². The van der Waals surface area contributed by atoms with Gasteiger partial charge in [0.15, 0.2) is 6.61 Å². The van der Waals surface area contributed by atoms with Crippen LogP contribution in [0.4, 0.5) is 5.69 Å².